The van der Waals surface area contributed by atoms with E-state index in [0.29, 0.717) is 11.7 Å². The van der Waals surface area contributed by atoms with Gasteiger partial charge in [-0.15, -0.1) is 0 Å². The number of nitrogens with zero attached hydrogens (tertiary/aromatic N) is 3. The van der Waals surface area contributed by atoms with E-state index >= 15 is 0 Å². The Kier molecular flexibility index (Phi) is 4.90. The van der Waals surface area contributed by atoms with Crippen LogP contribution in [0.4, 0.5) is 10.5 Å². The Hall–Kier alpha value is -2.37. The maximum atomic E-state index is 12.3. The SMILES string of the molecule is CCc1nc(-c2ccc(NC(=O)N3CCCCCC3)cc2)no1. The van der Waals surface area contributed by atoms with Gasteiger partial charge in [0.1, 0.15) is 0 Å². The molecule has 6 nitrogen and oxygen atoms in total. The number of hydrogen-bond acceptors (Lipinski definition) is 4. The average molecular weight is 314 g/mol. The third kappa shape index (κ3) is 3.88. The summed E-state index contributed by atoms with van der Waals surface area (Å²) in [5.41, 5.74) is 1.66. The van der Waals surface area contributed by atoms with Crippen LogP contribution in [0.2, 0.25) is 0 Å². The highest BCUT2D eigenvalue weighted by Crippen LogP contribution is 2.19. The van der Waals surface area contributed by atoms with Crippen LogP contribution in [0.3, 0.4) is 0 Å². The number of carbonyl (C=O) groups is 1. The number of aryl methyl sites for hydroxylation is 1. The molecule has 0 bridgehead atoms. The van der Waals surface area contributed by atoms with Gasteiger partial charge in [0.15, 0.2) is 0 Å². The quantitative estimate of drug-likeness (QED) is 0.937. The van der Waals surface area contributed by atoms with Gasteiger partial charge in [0.05, 0.1) is 0 Å². The highest BCUT2D eigenvalue weighted by atomic mass is 16.5. The van der Waals surface area contributed by atoms with Crippen LogP contribution in [-0.4, -0.2) is 34.2 Å². The Labute approximate surface area is 135 Å². The Balaban J connectivity index is 1.63. The number of anilines is 1. The number of aromatic nitrogens is 2. The molecule has 122 valence electrons. The van der Waals surface area contributed by atoms with Crippen molar-refractivity contribution in [1.82, 2.24) is 15.0 Å². The molecule has 0 aliphatic carbocycles. The Morgan fingerprint density at radius 2 is 1.87 bits per heavy atom. The van der Waals surface area contributed by atoms with E-state index in [-0.39, 0.29) is 6.03 Å². The summed E-state index contributed by atoms with van der Waals surface area (Å²) in [6.07, 6.45) is 5.32. The van der Waals surface area contributed by atoms with Gasteiger partial charge in [0.25, 0.3) is 0 Å². The summed E-state index contributed by atoms with van der Waals surface area (Å²) in [5.74, 6) is 1.20. The molecule has 1 saturated heterocycles. The minimum absolute atomic E-state index is 0.0209. The Morgan fingerprint density at radius 1 is 1.17 bits per heavy atom. The average Bonchev–Trinajstić information content (AvgIpc) is 2.89. The first kappa shape index (κ1) is 15.5. The number of carbonyl (C=O) groups excluding carboxylic acids is 1. The van der Waals surface area contributed by atoms with Crippen LogP contribution < -0.4 is 5.32 Å². The molecule has 0 saturated carbocycles. The molecule has 6 heteroatoms. The summed E-state index contributed by atoms with van der Waals surface area (Å²) in [6, 6.07) is 7.50. The first-order valence-electron chi connectivity index (χ1n) is 8.25. The highest BCUT2D eigenvalue weighted by molar-refractivity contribution is 5.89. The van der Waals surface area contributed by atoms with Gasteiger partial charge in [0.2, 0.25) is 11.7 Å². The lowest BCUT2D eigenvalue weighted by atomic mass is 10.2. The second-order valence-corrected chi connectivity index (χ2v) is 5.77. The molecule has 1 aromatic heterocycles. The van der Waals surface area contributed by atoms with E-state index in [1.165, 1.54) is 12.8 Å². The molecule has 23 heavy (non-hydrogen) atoms. The molecule has 0 unspecified atom stereocenters. The number of rotatable bonds is 3. The van der Waals surface area contributed by atoms with Crippen molar-refractivity contribution >= 4 is 11.7 Å². The molecule has 0 atom stereocenters. The topological polar surface area (TPSA) is 71.3 Å². The van der Waals surface area contributed by atoms with Gasteiger partial charge in [-0.2, -0.15) is 4.98 Å². The Morgan fingerprint density at radius 3 is 2.48 bits per heavy atom. The molecule has 2 heterocycles. The zero-order valence-corrected chi connectivity index (χ0v) is 13.4. The predicted molar refractivity (Wildman–Crippen MR) is 88.2 cm³/mol. The van der Waals surface area contributed by atoms with Crippen molar-refractivity contribution in [2.75, 3.05) is 18.4 Å². The number of urea groups is 1. The number of nitrogens with one attached hydrogen (secondary N) is 1. The summed E-state index contributed by atoms with van der Waals surface area (Å²) >= 11 is 0. The van der Waals surface area contributed by atoms with Gasteiger partial charge in [0, 0.05) is 30.8 Å². The van der Waals surface area contributed by atoms with Gasteiger partial charge in [-0.25, -0.2) is 4.79 Å². The van der Waals surface area contributed by atoms with E-state index in [2.05, 4.69) is 15.5 Å². The van der Waals surface area contributed by atoms with Crippen molar-refractivity contribution in [3.63, 3.8) is 0 Å². The third-order valence-electron chi connectivity index (χ3n) is 4.06. The van der Waals surface area contributed by atoms with Crippen LogP contribution in [-0.2, 0) is 6.42 Å². The molecule has 2 amide bonds. The van der Waals surface area contributed by atoms with Crippen LogP contribution in [0, 0.1) is 0 Å². The molecule has 1 aromatic carbocycles. The first-order chi connectivity index (χ1) is 11.3. The van der Waals surface area contributed by atoms with E-state index in [0.717, 1.165) is 43.6 Å². The maximum absolute atomic E-state index is 12.3. The van der Waals surface area contributed by atoms with E-state index in [1.54, 1.807) is 0 Å². The molecule has 1 fully saturated rings. The van der Waals surface area contributed by atoms with Gasteiger partial charge in [-0.1, -0.05) is 24.9 Å². The maximum Gasteiger partial charge on any atom is 0.321 e. The lowest BCUT2D eigenvalue weighted by Crippen LogP contribution is -2.35. The fourth-order valence-corrected chi connectivity index (χ4v) is 2.69. The van der Waals surface area contributed by atoms with Crippen molar-refractivity contribution in [3.8, 4) is 11.4 Å². The van der Waals surface area contributed by atoms with Crippen LogP contribution in [0.15, 0.2) is 28.8 Å². The molecule has 0 radical (unpaired) electrons. The van der Waals surface area contributed by atoms with Gasteiger partial charge >= 0.3 is 6.03 Å². The number of amides is 2. The normalized spacial score (nSPS) is 15.3. The number of benzene rings is 1. The first-order valence-corrected chi connectivity index (χ1v) is 8.25. The van der Waals surface area contributed by atoms with Gasteiger partial charge in [-0.3, -0.25) is 0 Å². The van der Waals surface area contributed by atoms with Crippen LogP contribution in [0.25, 0.3) is 11.4 Å². The van der Waals surface area contributed by atoms with Crippen LogP contribution >= 0.6 is 0 Å². The minimum Gasteiger partial charge on any atom is -0.339 e. The zero-order chi connectivity index (χ0) is 16.1. The van der Waals surface area contributed by atoms with Gasteiger partial charge < -0.3 is 14.7 Å². The molecule has 1 N–H and O–H groups in total. The van der Waals surface area contributed by atoms with E-state index in [4.69, 9.17) is 4.52 Å². The second kappa shape index (κ2) is 7.26. The van der Waals surface area contributed by atoms with Crippen molar-refractivity contribution in [1.29, 1.82) is 0 Å². The molecule has 3 rings (SSSR count). The lowest BCUT2D eigenvalue weighted by Gasteiger charge is -2.20. The van der Waals surface area contributed by atoms with E-state index < -0.39 is 0 Å². The highest BCUT2D eigenvalue weighted by Gasteiger charge is 2.15. The number of hydrogen-bond donors (Lipinski definition) is 1. The summed E-state index contributed by atoms with van der Waals surface area (Å²) in [5, 5.41) is 6.91. The summed E-state index contributed by atoms with van der Waals surface area (Å²) < 4.78 is 5.12. The summed E-state index contributed by atoms with van der Waals surface area (Å²) in [6.45, 7) is 3.65. The van der Waals surface area contributed by atoms with Gasteiger partial charge in [-0.05, 0) is 37.1 Å². The van der Waals surface area contributed by atoms with E-state index in [1.807, 2.05) is 36.1 Å². The van der Waals surface area contributed by atoms with Crippen molar-refractivity contribution in [2.45, 2.75) is 39.0 Å². The predicted octanol–water partition coefficient (Wildman–Crippen LogP) is 3.71. The number of likely N-dealkylation sites (tertiary alicyclic amines) is 1. The Bertz CT molecular complexity index is 643. The smallest absolute Gasteiger partial charge is 0.321 e. The molecule has 1 aliphatic heterocycles. The van der Waals surface area contributed by atoms with Crippen molar-refractivity contribution in [2.24, 2.45) is 0 Å². The van der Waals surface area contributed by atoms with Crippen LogP contribution in [0.1, 0.15) is 38.5 Å². The third-order valence-corrected chi connectivity index (χ3v) is 4.06. The summed E-state index contributed by atoms with van der Waals surface area (Å²) in [7, 11) is 0. The molecular formula is C17H22N4O2. The van der Waals surface area contributed by atoms with Crippen molar-refractivity contribution < 1.29 is 9.32 Å². The summed E-state index contributed by atoms with van der Waals surface area (Å²) in [4.78, 5) is 18.5. The molecule has 2 aromatic rings. The molecular weight excluding hydrogens is 292 g/mol. The second-order valence-electron chi connectivity index (χ2n) is 5.77. The fraction of sp³-hybridized carbons (Fsp3) is 0.471. The minimum atomic E-state index is -0.0209. The lowest BCUT2D eigenvalue weighted by molar-refractivity contribution is 0.214. The zero-order valence-electron chi connectivity index (χ0n) is 13.4. The fourth-order valence-electron chi connectivity index (χ4n) is 2.69. The largest absolute Gasteiger partial charge is 0.339 e. The molecule has 1 aliphatic rings. The van der Waals surface area contributed by atoms with Crippen molar-refractivity contribution in [3.05, 3.63) is 30.2 Å². The van der Waals surface area contributed by atoms with Crippen LogP contribution in [0.5, 0.6) is 0 Å². The monoisotopic (exact) mass is 314 g/mol. The molecule has 0 spiro atoms. The van der Waals surface area contributed by atoms with E-state index in [9.17, 15) is 4.79 Å². The standard InChI is InChI=1S/C17H22N4O2/c1-2-15-19-16(20-23-15)13-7-9-14(10-8-13)18-17(22)21-11-5-3-4-6-12-21/h7-10H,2-6,11-12H2,1H3,(H,18,22).